The van der Waals surface area contributed by atoms with E-state index < -0.39 is 0 Å². The molecule has 0 bridgehead atoms. The van der Waals surface area contributed by atoms with E-state index in [1.807, 2.05) is 6.20 Å². The molecule has 0 saturated heterocycles. The number of nitrogens with one attached hydrogen (secondary N) is 1. The summed E-state index contributed by atoms with van der Waals surface area (Å²) >= 11 is 0. The Bertz CT molecular complexity index is 415. The van der Waals surface area contributed by atoms with Crippen LogP contribution < -0.4 is 11.1 Å². The van der Waals surface area contributed by atoms with E-state index in [0.717, 1.165) is 11.6 Å². The van der Waals surface area contributed by atoms with Crippen LogP contribution in [0.25, 0.3) is 0 Å². The van der Waals surface area contributed by atoms with Gasteiger partial charge in [-0.25, -0.2) is 0 Å². The van der Waals surface area contributed by atoms with Crippen molar-refractivity contribution >= 4 is 11.6 Å². The van der Waals surface area contributed by atoms with Crippen LogP contribution in [0.4, 0.5) is 5.69 Å². The van der Waals surface area contributed by atoms with E-state index in [2.05, 4.69) is 17.3 Å². The molecule has 2 rings (SSSR count). The van der Waals surface area contributed by atoms with Crippen molar-refractivity contribution in [2.24, 2.45) is 11.7 Å². The summed E-state index contributed by atoms with van der Waals surface area (Å²) in [5.74, 6) is 0.527. The lowest BCUT2D eigenvalue weighted by Crippen LogP contribution is -2.19. The van der Waals surface area contributed by atoms with Crippen molar-refractivity contribution in [1.82, 2.24) is 9.78 Å². The van der Waals surface area contributed by atoms with Crippen LogP contribution in [-0.2, 0) is 11.3 Å². The molecular weight excluding hydrogens is 240 g/mol. The molecule has 3 N–H and O–H groups in total. The quantitative estimate of drug-likeness (QED) is 0.800. The predicted octanol–water partition coefficient (Wildman–Crippen LogP) is 2.14. The van der Waals surface area contributed by atoms with Gasteiger partial charge < -0.3 is 11.1 Å². The van der Waals surface area contributed by atoms with Gasteiger partial charge in [-0.05, 0) is 25.2 Å². The molecule has 0 aromatic carbocycles. The molecule has 1 saturated carbocycles. The molecular formula is C14H24N4O. The summed E-state index contributed by atoms with van der Waals surface area (Å²) in [5.41, 5.74) is 6.14. The molecule has 2 unspecified atom stereocenters. The average molecular weight is 264 g/mol. The van der Waals surface area contributed by atoms with Gasteiger partial charge in [-0.1, -0.05) is 26.2 Å². The van der Waals surface area contributed by atoms with Crippen LogP contribution in [-0.4, -0.2) is 21.7 Å². The summed E-state index contributed by atoms with van der Waals surface area (Å²) in [4.78, 5) is 10.8. The van der Waals surface area contributed by atoms with E-state index >= 15 is 0 Å². The van der Waals surface area contributed by atoms with E-state index in [-0.39, 0.29) is 12.5 Å². The Labute approximate surface area is 114 Å². The van der Waals surface area contributed by atoms with Crippen molar-refractivity contribution in [2.75, 3.05) is 5.32 Å². The SMILES string of the molecule is CCC1CCCC(Nc2cnn(CC(N)=O)c2)CC1. The van der Waals surface area contributed by atoms with Gasteiger partial charge in [0.25, 0.3) is 0 Å². The maximum atomic E-state index is 10.8. The van der Waals surface area contributed by atoms with Gasteiger partial charge in [-0.3, -0.25) is 9.48 Å². The van der Waals surface area contributed by atoms with Crippen LogP contribution in [0.5, 0.6) is 0 Å². The van der Waals surface area contributed by atoms with Crippen molar-refractivity contribution in [3.05, 3.63) is 12.4 Å². The van der Waals surface area contributed by atoms with E-state index in [1.165, 1.54) is 38.5 Å². The van der Waals surface area contributed by atoms with Crippen LogP contribution in [0.2, 0.25) is 0 Å². The summed E-state index contributed by atoms with van der Waals surface area (Å²) in [6.45, 7) is 2.43. The van der Waals surface area contributed by atoms with Gasteiger partial charge in [-0.2, -0.15) is 5.10 Å². The smallest absolute Gasteiger partial charge is 0.239 e. The third-order valence-corrected chi connectivity index (χ3v) is 3.99. The summed E-state index contributed by atoms with van der Waals surface area (Å²) in [6.07, 6.45) is 11.3. The largest absolute Gasteiger partial charge is 0.380 e. The van der Waals surface area contributed by atoms with Crippen molar-refractivity contribution in [1.29, 1.82) is 0 Å². The third-order valence-electron chi connectivity index (χ3n) is 3.99. The maximum absolute atomic E-state index is 10.8. The highest BCUT2D eigenvalue weighted by Crippen LogP contribution is 2.27. The van der Waals surface area contributed by atoms with Crippen LogP contribution in [0, 0.1) is 5.92 Å². The number of carbonyl (C=O) groups is 1. The molecule has 1 aromatic heterocycles. The number of nitrogens with zero attached hydrogens (tertiary/aromatic N) is 2. The van der Waals surface area contributed by atoms with E-state index in [0.29, 0.717) is 6.04 Å². The molecule has 0 aliphatic heterocycles. The minimum Gasteiger partial charge on any atom is -0.380 e. The number of anilines is 1. The Balaban J connectivity index is 1.86. The number of hydrogen-bond acceptors (Lipinski definition) is 3. The second kappa shape index (κ2) is 6.59. The van der Waals surface area contributed by atoms with Crippen molar-refractivity contribution in [2.45, 2.75) is 58.0 Å². The molecule has 1 fully saturated rings. The minimum atomic E-state index is -0.366. The van der Waals surface area contributed by atoms with Gasteiger partial charge in [0.05, 0.1) is 11.9 Å². The number of primary amides is 1. The zero-order valence-corrected chi connectivity index (χ0v) is 11.6. The van der Waals surface area contributed by atoms with E-state index in [1.54, 1.807) is 10.9 Å². The van der Waals surface area contributed by atoms with Crippen LogP contribution in [0.3, 0.4) is 0 Å². The fourth-order valence-electron chi connectivity index (χ4n) is 2.85. The highest BCUT2D eigenvalue weighted by Gasteiger charge is 2.17. The second-order valence-electron chi connectivity index (χ2n) is 5.52. The zero-order chi connectivity index (χ0) is 13.7. The van der Waals surface area contributed by atoms with Gasteiger partial charge in [0.1, 0.15) is 6.54 Å². The summed E-state index contributed by atoms with van der Waals surface area (Å²) < 4.78 is 1.58. The van der Waals surface area contributed by atoms with E-state index in [4.69, 9.17) is 5.73 Å². The Morgan fingerprint density at radius 3 is 3.05 bits per heavy atom. The zero-order valence-electron chi connectivity index (χ0n) is 11.6. The van der Waals surface area contributed by atoms with Gasteiger partial charge >= 0.3 is 0 Å². The average Bonchev–Trinajstić information content (AvgIpc) is 2.66. The van der Waals surface area contributed by atoms with Gasteiger partial charge in [-0.15, -0.1) is 0 Å². The van der Waals surface area contributed by atoms with Crippen LogP contribution in [0.1, 0.15) is 45.4 Å². The molecule has 1 aromatic rings. The number of carbonyl (C=O) groups excluding carboxylic acids is 1. The highest BCUT2D eigenvalue weighted by molar-refractivity contribution is 5.73. The Hall–Kier alpha value is -1.52. The number of amides is 1. The molecule has 0 radical (unpaired) electrons. The standard InChI is InChI=1S/C14H24N4O/c1-2-11-4-3-5-12(7-6-11)17-13-8-16-18(9-13)10-14(15)19/h8-9,11-12,17H,2-7,10H2,1H3,(H2,15,19). The summed E-state index contributed by atoms with van der Waals surface area (Å²) in [5, 5.41) is 7.65. The first-order valence-electron chi connectivity index (χ1n) is 7.24. The molecule has 0 spiro atoms. The normalized spacial score (nSPS) is 23.8. The third kappa shape index (κ3) is 4.26. The van der Waals surface area contributed by atoms with Crippen molar-refractivity contribution in [3.8, 4) is 0 Å². The van der Waals surface area contributed by atoms with Gasteiger partial charge in [0.2, 0.25) is 5.91 Å². The molecule has 106 valence electrons. The Morgan fingerprint density at radius 2 is 2.32 bits per heavy atom. The number of aromatic nitrogens is 2. The first-order valence-corrected chi connectivity index (χ1v) is 7.24. The number of rotatable bonds is 5. The van der Waals surface area contributed by atoms with Gasteiger partial charge in [0, 0.05) is 12.2 Å². The Morgan fingerprint density at radius 1 is 1.47 bits per heavy atom. The number of hydrogen-bond donors (Lipinski definition) is 2. The topological polar surface area (TPSA) is 72.9 Å². The fourth-order valence-corrected chi connectivity index (χ4v) is 2.85. The summed E-state index contributed by atoms with van der Waals surface area (Å²) in [6, 6.07) is 0.530. The van der Waals surface area contributed by atoms with Crippen molar-refractivity contribution in [3.63, 3.8) is 0 Å². The monoisotopic (exact) mass is 264 g/mol. The number of nitrogens with two attached hydrogens (primary N) is 1. The van der Waals surface area contributed by atoms with Crippen molar-refractivity contribution < 1.29 is 4.79 Å². The lowest BCUT2D eigenvalue weighted by Gasteiger charge is -2.16. The van der Waals surface area contributed by atoms with Gasteiger partial charge in [0.15, 0.2) is 0 Å². The highest BCUT2D eigenvalue weighted by atomic mass is 16.1. The second-order valence-corrected chi connectivity index (χ2v) is 5.52. The molecule has 5 heteroatoms. The lowest BCUT2D eigenvalue weighted by molar-refractivity contribution is -0.118. The fraction of sp³-hybridized carbons (Fsp3) is 0.714. The summed E-state index contributed by atoms with van der Waals surface area (Å²) in [7, 11) is 0. The first kappa shape index (κ1) is 13.9. The van der Waals surface area contributed by atoms with E-state index in [9.17, 15) is 4.79 Å². The predicted molar refractivity (Wildman–Crippen MR) is 75.7 cm³/mol. The first-order chi connectivity index (χ1) is 9.17. The molecule has 1 heterocycles. The van der Waals surface area contributed by atoms with Crippen LogP contribution >= 0.6 is 0 Å². The molecule has 1 aliphatic rings. The minimum absolute atomic E-state index is 0.143. The molecule has 19 heavy (non-hydrogen) atoms. The molecule has 1 amide bonds. The maximum Gasteiger partial charge on any atom is 0.239 e. The lowest BCUT2D eigenvalue weighted by atomic mass is 9.98. The van der Waals surface area contributed by atoms with Crippen LogP contribution in [0.15, 0.2) is 12.4 Å². The molecule has 5 nitrogen and oxygen atoms in total. The Kier molecular flexibility index (Phi) is 4.82. The molecule has 2 atom stereocenters. The molecule has 1 aliphatic carbocycles.